The summed E-state index contributed by atoms with van der Waals surface area (Å²) >= 11 is 0. The minimum Gasteiger partial charge on any atom is -0.339 e. The zero-order chi connectivity index (χ0) is 25.9. The van der Waals surface area contributed by atoms with Crippen molar-refractivity contribution < 1.29 is 25.6 Å². The van der Waals surface area contributed by atoms with Crippen LogP contribution in [0, 0.1) is 11.6 Å². The summed E-state index contributed by atoms with van der Waals surface area (Å²) in [5.41, 5.74) is 1.48. The lowest BCUT2D eigenvalue weighted by molar-refractivity contribution is 0.598. The molecule has 6 rings (SSSR count). The third-order valence-electron chi connectivity index (χ3n) is 6.36. The molecule has 2 aromatic carbocycles. The van der Waals surface area contributed by atoms with E-state index in [2.05, 4.69) is 24.4 Å². The van der Waals surface area contributed by atoms with Gasteiger partial charge in [0.05, 0.1) is 33.3 Å². The van der Waals surface area contributed by atoms with Crippen molar-refractivity contribution in [3.05, 3.63) is 60.4 Å². The van der Waals surface area contributed by atoms with Crippen LogP contribution in [0.1, 0.15) is 25.7 Å². The summed E-state index contributed by atoms with van der Waals surface area (Å²) in [6, 6.07) is 9.58. The zero-order valence-electron chi connectivity index (χ0n) is 19.2. The minimum absolute atomic E-state index is 0.118. The molecule has 0 saturated heterocycles. The lowest BCUT2D eigenvalue weighted by Crippen LogP contribution is -2.17. The Balaban J connectivity index is 1.31. The van der Waals surface area contributed by atoms with E-state index in [1.54, 1.807) is 6.07 Å². The SMILES string of the molecule is O=S(=O)(Nc1ccc(-c2cc3c(-c4ccc(NS(=O)(=O)C5CC5)cc4F)ncnc3[nH]2)c(F)c1)C1CC1. The molecule has 0 bridgehead atoms. The van der Waals surface area contributed by atoms with Gasteiger partial charge in [0.1, 0.15) is 23.6 Å². The maximum Gasteiger partial charge on any atom is 0.235 e. The normalized spacial score (nSPS) is 16.2. The van der Waals surface area contributed by atoms with E-state index >= 15 is 4.39 Å². The number of fused-ring (bicyclic) bond motifs is 1. The number of sulfonamides is 2. The predicted octanol–water partition coefficient (Wildman–Crippen LogP) is 4.38. The van der Waals surface area contributed by atoms with Gasteiger partial charge in [-0.2, -0.15) is 0 Å². The summed E-state index contributed by atoms with van der Waals surface area (Å²) in [6.07, 6.45) is 3.60. The number of anilines is 2. The van der Waals surface area contributed by atoms with E-state index in [0.29, 0.717) is 42.4 Å². The first-order valence-corrected chi connectivity index (χ1v) is 14.7. The molecule has 192 valence electrons. The number of rotatable bonds is 8. The second kappa shape index (κ2) is 8.48. The van der Waals surface area contributed by atoms with Crippen molar-refractivity contribution in [3.63, 3.8) is 0 Å². The zero-order valence-corrected chi connectivity index (χ0v) is 20.8. The minimum atomic E-state index is -3.54. The largest absolute Gasteiger partial charge is 0.339 e. The molecule has 2 saturated carbocycles. The molecule has 2 aromatic heterocycles. The van der Waals surface area contributed by atoms with Gasteiger partial charge in [-0.1, -0.05) is 0 Å². The van der Waals surface area contributed by atoms with Crippen molar-refractivity contribution in [3.8, 4) is 22.5 Å². The molecule has 0 spiro atoms. The molecule has 13 heteroatoms. The van der Waals surface area contributed by atoms with E-state index in [-0.39, 0.29) is 28.2 Å². The second-order valence-electron chi connectivity index (χ2n) is 9.25. The number of benzene rings is 2. The Kier molecular flexibility index (Phi) is 5.46. The van der Waals surface area contributed by atoms with Crippen LogP contribution in [-0.2, 0) is 20.0 Å². The van der Waals surface area contributed by atoms with Crippen LogP contribution in [0.5, 0.6) is 0 Å². The molecule has 9 nitrogen and oxygen atoms in total. The monoisotopic (exact) mass is 545 g/mol. The van der Waals surface area contributed by atoms with E-state index in [0.717, 1.165) is 12.1 Å². The van der Waals surface area contributed by atoms with Gasteiger partial charge in [0, 0.05) is 16.5 Å². The van der Waals surface area contributed by atoms with Crippen molar-refractivity contribution in [2.75, 3.05) is 9.44 Å². The number of nitrogens with one attached hydrogen (secondary N) is 3. The van der Waals surface area contributed by atoms with Gasteiger partial charge < -0.3 is 4.98 Å². The van der Waals surface area contributed by atoms with Crippen LogP contribution in [-0.4, -0.2) is 42.3 Å². The van der Waals surface area contributed by atoms with Gasteiger partial charge in [0.15, 0.2) is 0 Å². The van der Waals surface area contributed by atoms with Gasteiger partial charge in [0.2, 0.25) is 20.0 Å². The molecular weight excluding hydrogens is 524 g/mol. The number of nitrogens with zero attached hydrogens (tertiary/aromatic N) is 2. The van der Waals surface area contributed by atoms with Crippen LogP contribution in [0.3, 0.4) is 0 Å². The van der Waals surface area contributed by atoms with Crippen LogP contribution < -0.4 is 9.44 Å². The summed E-state index contributed by atoms with van der Waals surface area (Å²) < 4.78 is 83.5. The molecule has 2 aliphatic rings. The molecule has 4 aromatic rings. The first-order valence-electron chi connectivity index (χ1n) is 11.6. The van der Waals surface area contributed by atoms with Crippen molar-refractivity contribution in [1.82, 2.24) is 15.0 Å². The first-order chi connectivity index (χ1) is 17.6. The van der Waals surface area contributed by atoms with Crippen molar-refractivity contribution in [2.24, 2.45) is 0 Å². The Hall–Kier alpha value is -3.58. The van der Waals surface area contributed by atoms with Gasteiger partial charge in [-0.05, 0) is 68.1 Å². The van der Waals surface area contributed by atoms with Gasteiger partial charge in [0.25, 0.3) is 0 Å². The highest BCUT2D eigenvalue weighted by molar-refractivity contribution is 7.93. The maximum atomic E-state index is 15.1. The lowest BCUT2D eigenvalue weighted by atomic mass is 10.1. The predicted molar refractivity (Wildman–Crippen MR) is 136 cm³/mol. The highest BCUT2D eigenvalue weighted by Gasteiger charge is 2.36. The van der Waals surface area contributed by atoms with Crippen molar-refractivity contribution in [1.29, 1.82) is 0 Å². The van der Waals surface area contributed by atoms with Crippen molar-refractivity contribution in [2.45, 2.75) is 36.2 Å². The van der Waals surface area contributed by atoms with Crippen LogP contribution in [0.4, 0.5) is 20.2 Å². The molecule has 37 heavy (non-hydrogen) atoms. The number of H-pyrrole nitrogens is 1. The lowest BCUT2D eigenvalue weighted by Gasteiger charge is -2.09. The highest BCUT2D eigenvalue weighted by atomic mass is 32.2. The van der Waals surface area contributed by atoms with Gasteiger partial charge >= 0.3 is 0 Å². The molecule has 0 radical (unpaired) electrons. The van der Waals surface area contributed by atoms with E-state index in [9.17, 15) is 21.2 Å². The molecule has 0 atom stereocenters. The Bertz CT molecular complexity index is 1770. The summed E-state index contributed by atoms with van der Waals surface area (Å²) in [6.45, 7) is 0. The quantitative estimate of drug-likeness (QED) is 0.301. The smallest absolute Gasteiger partial charge is 0.235 e. The second-order valence-corrected chi connectivity index (χ2v) is 13.2. The number of aromatic amines is 1. The molecule has 2 aliphatic carbocycles. The topological polar surface area (TPSA) is 134 Å². The van der Waals surface area contributed by atoms with E-state index in [1.807, 2.05) is 0 Å². The maximum absolute atomic E-state index is 15.1. The highest BCUT2D eigenvalue weighted by Crippen LogP contribution is 2.35. The average Bonchev–Trinajstić information content (AvgIpc) is 3.74. The standard InChI is InChI=1S/C24H21F2N5O4S2/c25-20-9-13(30-36(32,33)15-3-4-15)1-7-17(20)22-11-19-23(27-12-28-24(19)29-22)18-8-2-14(10-21(18)26)31-37(34,35)16-5-6-16/h1-2,7-12,15-16,30-31H,3-6H2,(H,27,28,29). The molecule has 0 unspecified atom stereocenters. The van der Waals surface area contributed by atoms with Gasteiger partial charge in [-0.15, -0.1) is 0 Å². The number of hydrogen-bond donors (Lipinski definition) is 3. The summed E-state index contributed by atoms with van der Waals surface area (Å²) in [7, 11) is -7.06. The molecule has 2 heterocycles. The summed E-state index contributed by atoms with van der Waals surface area (Å²) in [4.78, 5) is 11.4. The van der Waals surface area contributed by atoms with Crippen LogP contribution >= 0.6 is 0 Å². The average molecular weight is 546 g/mol. The Morgan fingerprint density at radius 1 is 0.757 bits per heavy atom. The third-order valence-corrected chi connectivity index (χ3v) is 10.1. The van der Waals surface area contributed by atoms with E-state index in [1.165, 1.54) is 30.6 Å². The Labute approximate surface area is 211 Å². The summed E-state index contributed by atoms with van der Waals surface area (Å²) in [5.74, 6) is -1.34. The van der Waals surface area contributed by atoms with Crippen LogP contribution in [0.25, 0.3) is 33.5 Å². The fourth-order valence-corrected chi connectivity index (χ4v) is 6.88. The van der Waals surface area contributed by atoms with E-state index < -0.39 is 42.2 Å². The van der Waals surface area contributed by atoms with Gasteiger partial charge in [-0.25, -0.2) is 35.6 Å². The fraction of sp³-hybridized carbons (Fsp3) is 0.250. The molecule has 0 amide bonds. The molecule has 2 fully saturated rings. The van der Waals surface area contributed by atoms with Crippen molar-refractivity contribution >= 4 is 42.5 Å². The van der Waals surface area contributed by atoms with Gasteiger partial charge in [-0.3, -0.25) is 9.44 Å². The number of hydrogen-bond acceptors (Lipinski definition) is 6. The number of aromatic nitrogens is 3. The van der Waals surface area contributed by atoms with Crippen LogP contribution in [0.15, 0.2) is 48.8 Å². The fourth-order valence-electron chi connectivity index (χ4n) is 4.12. The van der Waals surface area contributed by atoms with E-state index in [4.69, 9.17) is 0 Å². The number of halogens is 2. The Morgan fingerprint density at radius 3 is 1.81 bits per heavy atom. The third kappa shape index (κ3) is 4.64. The molecule has 3 N–H and O–H groups in total. The molecular formula is C24H21F2N5O4S2. The van der Waals surface area contributed by atoms with Crippen LogP contribution in [0.2, 0.25) is 0 Å². The first kappa shape index (κ1) is 23.8. The summed E-state index contributed by atoms with van der Waals surface area (Å²) in [5, 5.41) is -0.447. The Morgan fingerprint density at radius 2 is 1.30 bits per heavy atom. The molecule has 0 aliphatic heterocycles.